The second-order valence-electron chi connectivity index (χ2n) is 2.32. The standard InChI is InChI=1S/C9H11ClO.2C2H6/c1-3-7-4-5-9(11-2)8(10)6-7;2*1-2/h4-6H,3H2,1-2H3;2*1-2H3. The van der Waals surface area contributed by atoms with Crippen LogP contribution in [0.2, 0.25) is 5.02 Å². The quantitative estimate of drug-likeness (QED) is 0.698. The Kier molecular flexibility index (Phi) is 12.7. The Morgan fingerprint density at radius 1 is 1.13 bits per heavy atom. The third kappa shape index (κ3) is 6.40. The molecule has 0 bridgehead atoms. The number of aryl methyl sites for hydroxylation is 1. The van der Waals surface area contributed by atoms with E-state index in [0.717, 1.165) is 12.2 Å². The molecular formula is C13H23ClO. The Bertz CT molecular complexity index is 246. The van der Waals surface area contributed by atoms with E-state index in [0.29, 0.717) is 5.02 Å². The minimum absolute atomic E-state index is 0.687. The first-order valence-corrected chi connectivity index (χ1v) is 5.98. The highest BCUT2D eigenvalue weighted by Gasteiger charge is 1.98. The summed E-state index contributed by atoms with van der Waals surface area (Å²) in [6, 6.07) is 5.84. The second-order valence-corrected chi connectivity index (χ2v) is 2.73. The van der Waals surface area contributed by atoms with Gasteiger partial charge in [0.25, 0.3) is 0 Å². The summed E-state index contributed by atoms with van der Waals surface area (Å²) in [4.78, 5) is 0. The Morgan fingerprint density at radius 2 is 1.67 bits per heavy atom. The van der Waals surface area contributed by atoms with Crippen molar-refractivity contribution in [3.63, 3.8) is 0 Å². The van der Waals surface area contributed by atoms with E-state index in [2.05, 4.69) is 6.92 Å². The van der Waals surface area contributed by atoms with E-state index in [9.17, 15) is 0 Å². The minimum Gasteiger partial charge on any atom is -0.495 e. The fourth-order valence-electron chi connectivity index (χ4n) is 0.930. The van der Waals surface area contributed by atoms with Crippen molar-refractivity contribution >= 4 is 11.6 Å². The van der Waals surface area contributed by atoms with E-state index >= 15 is 0 Å². The molecule has 0 atom stereocenters. The van der Waals surface area contributed by atoms with Crippen molar-refractivity contribution in [3.8, 4) is 5.75 Å². The zero-order chi connectivity index (χ0) is 12.3. The van der Waals surface area contributed by atoms with Crippen LogP contribution in [-0.2, 0) is 6.42 Å². The summed E-state index contributed by atoms with van der Waals surface area (Å²) >= 11 is 5.88. The SMILES string of the molecule is CC.CC.CCc1ccc(OC)c(Cl)c1. The average Bonchev–Trinajstić information content (AvgIpc) is 2.34. The molecule has 0 radical (unpaired) electrons. The molecule has 0 N–H and O–H groups in total. The van der Waals surface area contributed by atoms with Gasteiger partial charge in [-0.2, -0.15) is 0 Å². The van der Waals surface area contributed by atoms with Crippen LogP contribution in [0.4, 0.5) is 0 Å². The first-order chi connectivity index (χ1) is 7.27. The van der Waals surface area contributed by atoms with Crippen molar-refractivity contribution in [2.45, 2.75) is 41.0 Å². The van der Waals surface area contributed by atoms with Gasteiger partial charge >= 0.3 is 0 Å². The van der Waals surface area contributed by atoms with Gasteiger partial charge in [0.2, 0.25) is 0 Å². The van der Waals surface area contributed by atoms with Crippen molar-refractivity contribution in [1.82, 2.24) is 0 Å². The molecule has 0 aliphatic carbocycles. The molecule has 1 rings (SSSR count). The lowest BCUT2D eigenvalue weighted by molar-refractivity contribution is 0.415. The Balaban J connectivity index is 0. The van der Waals surface area contributed by atoms with Crippen LogP contribution in [0.15, 0.2) is 18.2 Å². The number of ether oxygens (including phenoxy) is 1. The fourth-order valence-corrected chi connectivity index (χ4v) is 1.21. The van der Waals surface area contributed by atoms with Gasteiger partial charge in [-0.15, -0.1) is 0 Å². The molecule has 1 aromatic rings. The van der Waals surface area contributed by atoms with Gasteiger partial charge in [-0.05, 0) is 24.1 Å². The summed E-state index contributed by atoms with van der Waals surface area (Å²) in [5.41, 5.74) is 1.23. The number of rotatable bonds is 2. The molecule has 0 saturated carbocycles. The number of halogens is 1. The molecule has 0 amide bonds. The summed E-state index contributed by atoms with van der Waals surface area (Å²) < 4.78 is 5.01. The third-order valence-corrected chi connectivity index (χ3v) is 1.92. The van der Waals surface area contributed by atoms with E-state index in [-0.39, 0.29) is 0 Å². The topological polar surface area (TPSA) is 9.23 Å². The molecule has 0 aliphatic rings. The maximum atomic E-state index is 5.88. The summed E-state index contributed by atoms with van der Waals surface area (Å²) in [5, 5.41) is 0.687. The van der Waals surface area contributed by atoms with Gasteiger partial charge in [-0.25, -0.2) is 0 Å². The average molecular weight is 231 g/mol. The van der Waals surface area contributed by atoms with Gasteiger partial charge in [0.05, 0.1) is 12.1 Å². The number of hydrogen-bond acceptors (Lipinski definition) is 1. The zero-order valence-corrected chi connectivity index (χ0v) is 11.5. The van der Waals surface area contributed by atoms with Gasteiger partial charge in [-0.3, -0.25) is 0 Å². The van der Waals surface area contributed by atoms with Gasteiger partial charge in [0.1, 0.15) is 5.75 Å². The lowest BCUT2D eigenvalue weighted by Crippen LogP contribution is -1.85. The van der Waals surface area contributed by atoms with Crippen LogP contribution >= 0.6 is 11.6 Å². The van der Waals surface area contributed by atoms with Crippen molar-refractivity contribution in [2.24, 2.45) is 0 Å². The molecular weight excluding hydrogens is 208 g/mol. The Hall–Kier alpha value is -0.690. The van der Waals surface area contributed by atoms with Crippen LogP contribution in [0.1, 0.15) is 40.2 Å². The smallest absolute Gasteiger partial charge is 0.137 e. The van der Waals surface area contributed by atoms with E-state index < -0.39 is 0 Å². The van der Waals surface area contributed by atoms with Crippen molar-refractivity contribution < 1.29 is 4.74 Å². The highest BCUT2D eigenvalue weighted by atomic mass is 35.5. The van der Waals surface area contributed by atoms with Crippen LogP contribution < -0.4 is 4.74 Å². The molecule has 1 aromatic carbocycles. The lowest BCUT2D eigenvalue weighted by atomic mass is 10.2. The molecule has 1 nitrogen and oxygen atoms in total. The van der Waals surface area contributed by atoms with Crippen LogP contribution in [0.3, 0.4) is 0 Å². The lowest BCUT2D eigenvalue weighted by Gasteiger charge is -2.03. The summed E-state index contributed by atoms with van der Waals surface area (Å²) in [7, 11) is 1.62. The molecule has 88 valence electrons. The maximum absolute atomic E-state index is 5.88. The number of benzene rings is 1. The predicted molar refractivity (Wildman–Crippen MR) is 70.1 cm³/mol. The highest BCUT2D eigenvalue weighted by molar-refractivity contribution is 6.32. The summed E-state index contributed by atoms with van der Waals surface area (Å²) in [6.07, 6.45) is 1.00. The third-order valence-electron chi connectivity index (χ3n) is 1.62. The molecule has 2 heteroatoms. The summed E-state index contributed by atoms with van der Waals surface area (Å²) in [5.74, 6) is 0.740. The molecule has 0 aliphatic heterocycles. The molecule has 0 saturated heterocycles. The monoisotopic (exact) mass is 230 g/mol. The van der Waals surface area contributed by atoms with E-state index in [4.69, 9.17) is 16.3 Å². The van der Waals surface area contributed by atoms with Crippen molar-refractivity contribution in [1.29, 1.82) is 0 Å². The normalized spacial score (nSPS) is 7.93. The van der Waals surface area contributed by atoms with E-state index in [1.807, 2.05) is 45.9 Å². The number of methoxy groups -OCH3 is 1. The zero-order valence-electron chi connectivity index (χ0n) is 10.7. The first-order valence-electron chi connectivity index (χ1n) is 5.60. The molecule has 0 unspecified atom stereocenters. The highest BCUT2D eigenvalue weighted by Crippen LogP contribution is 2.24. The van der Waals surface area contributed by atoms with Crippen LogP contribution in [0, 0.1) is 0 Å². The van der Waals surface area contributed by atoms with Crippen LogP contribution in [-0.4, -0.2) is 7.11 Å². The first kappa shape index (κ1) is 16.7. The Morgan fingerprint density at radius 3 is 2.00 bits per heavy atom. The molecule has 0 spiro atoms. The van der Waals surface area contributed by atoms with Gasteiger partial charge < -0.3 is 4.74 Å². The van der Waals surface area contributed by atoms with E-state index in [1.54, 1.807) is 7.11 Å². The fraction of sp³-hybridized carbons (Fsp3) is 0.538. The van der Waals surface area contributed by atoms with Crippen molar-refractivity contribution in [2.75, 3.05) is 7.11 Å². The maximum Gasteiger partial charge on any atom is 0.137 e. The predicted octanol–water partition coefficient (Wildman–Crippen LogP) is 4.96. The molecule has 0 heterocycles. The molecule has 0 aromatic heterocycles. The Labute approximate surface area is 99.4 Å². The van der Waals surface area contributed by atoms with E-state index in [1.165, 1.54) is 5.56 Å². The second kappa shape index (κ2) is 11.4. The van der Waals surface area contributed by atoms with Gasteiger partial charge in [0, 0.05) is 0 Å². The summed E-state index contributed by atoms with van der Waals surface area (Å²) in [6.45, 7) is 10.1. The largest absolute Gasteiger partial charge is 0.495 e. The minimum atomic E-state index is 0.687. The van der Waals surface area contributed by atoms with Gasteiger partial charge in [-0.1, -0.05) is 52.3 Å². The number of hydrogen-bond donors (Lipinski definition) is 0. The molecule has 0 fully saturated rings. The van der Waals surface area contributed by atoms with Gasteiger partial charge in [0.15, 0.2) is 0 Å². The van der Waals surface area contributed by atoms with Crippen LogP contribution in [0.5, 0.6) is 5.75 Å². The van der Waals surface area contributed by atoms with Crippen LogP contribution in [0.25, 0.3) is 0 Å². The molecule has 15 heavy (non-hydrogen) atoms. The van der Waals surface area contributed by atoms with Crippen molar-refractivity contribution in [3.05, 3.63) is 28.8 Å².